The maximum atomic E-state index is 14.0. The minimum atomic E-state index is -4.93. The number of amides is 1. The first-order chi connectivity index (χ1) is 15.9. The number of ether oxygens (including phenoxy) is 1. The molecule has 3 aromatic rings. The minimum absolute atomic E-state index is 0.00572. The van der Waals surface area contributed by atoms with Crippen LogP contribution in [0, 0.1) is 12.7 Å². The highest BCUT2D eigenvalue weighted by molar-refractivity contribution is 6.33. The minimum Gasteiger partial charge on any atom is -0.361 e. The molecule has 1 atom stereocenters. The summed E-state index contributed by atoms with van der Waals surface area (Å²) in [7, 11) is 0.788. The summed E-state index contributed by atoms with van der Waals surface area (Å²) < 4.78 is 58.0. The van der Waals surface area contributed by atoms with E-state index in [2.05, 4.69) is 25.0 Å². The highest BCUT2D eigenvalue weighted by Crippen LogP contribution is 2.33. The molecular weight excluding hydrogens is 480 g/mol. The molecule has 1 heterocycles. The average Bonchev–Trinajstić information content (AvgIpc) is 2.78. The molecule has 1 aromatic heterocycles. The molecule has 2 N–H and O–H groups in total. The number of methoxy groups -OCH3 is 1. The Labute approximate surface area is 196 Å². The molecule has 3 rings (SSSR count). The number of hydrogen-bond acceptors (Lipinski definition) is 5. The summed E-state index contributed by atoms with van der Waals surface area (Å²) in [5.74, 6) is -1.92. The van der Waals surface area contributed by atoms with Crippen LogP contribution >= 0.6 is 11.6 Å². The Morgan fingerprint density at radius 3 is 2.50 bits per heavy atom. The fraction of sp³-hybridized carbons (Fsp3) is 0.273. The number of H-pyrrole nitrogens is 1. The number of alkyl halides is 3. The van der Waals surface area contributed by atoms with Gasteiger partial charge in [-0.2, -0.15) is 18.2 Å². The van der Waals surface area contributed by atoms with E-state index in [0.29, 0.717) is 18.1 Å². The monoisotopic (exact) mass is 498 g/mol. The van der Waals surface area contributed by atoms with Crippen molar-refractivity contribution in [2.75, 3.05) is 7.11 Å². The van der Waals surface area contributed by atoms with Crippen LogP contribution in [0.3, 0.4) is 0 Å². The summed E-state index contributed by atoms with van der Waals surface area (Å²) in [4.78, 5) is 34.7. The molecule has 0 aliphatic carbocycles. The van der Waals surface area contributed by atoms with Crippen LogP contribution in [-0.2, 0) is 16.1 Å². The van der Waals surface area contributed by atoms with E-state index in [0.717, 1.165) is 7.11 Å². The number of carbonyl (C=O) groups is 1. The molecule has 12 heteroatoms. The van der Waals surface area contributed by atoms with E-state index in [1.165, 1.54) is 30.3 Å². The van der Waals surface area contributed by atoms with E-state index in [1.807, 2.05) is 0 Å². The Bertz CT molecular complexity index is 1300. The third-order valence-electron chi connectivity index (χ3n) is 5.20. The fourth-order valence-electron chi connectivity index (χ4n) is 2.92. The average molecular weight is 499 g/mol. The van der Waals surface area contributed by atoms with Crippen LogP contribution < -0.4 is 11.0 Å². The van der Waals surface area contributed by atoms with Crippen LogP contribution in [0.2, 0.25) is 5.02 Å². The SMILES string of the molecule is COC(C)(C(=O)NCc1ccc(Cl)c(-c2nc(-c3ccc(C)c(F)c3)nc(=O)[nH]2)c1)C(F)(F)F. The Kier molecular flexibility index (Phi) is 7.08. The number of nitrogens with one attached hydrogen (secondary N) is 2. The Morgan fingerprint density at radius 2 is 1.88 bits per heavy atom. The summed E-state index contributed by atoms with van der Waals surface area (Å²) in [5.41, 5.74) is -2.53. The molecule has 1 amide bonds. The molecule has 2 aromatic carbocycles. The maximum absolute atomic E-state index is 14.0. The fourth-order valence-corrected chi connectivity index (χ4v) is 3.13. The second-order valence-electron chi connectivity index (χ2n) is 7.52. The first-order valence-electron chi connectivity index (χ1n) is 9.79. The standard InChI is InChI=1S/C22H19ClF4N4O3/c1-11-4-6-13(9-16(11)24)17-29-18(31-20(33)30-17)14-8-12(5-7-15(14)23)10-28-19(32)21(2,34-3)22(25,26)27/h4-9H,10H2,1-3H3,(H,28,32)(H,29,30,31,33). The van der Waals surface area contributed by atoms with Gasteiger partial charge in [-0.3, -0.25) is 9.78 Å². The zero-order chi connectivity index (χ0) is 25.3. The van der Waals surface area contributed by atoms with Gasteiger partial charge in [-0.05, 0) is 43.2 Å². The zero-order valence-corrected chi connectivity index (χ0v) is 18.9. The molecule has 34 heavy (non-hydrogen) atoms. The van der Waals surface area contributed by atoms with Crippen molar-refractivity contribution >= 4 is 17.5 Å². The lowest BCUT2D eigenvalue weighted by atomic mass is 10.0. The second kappa shape index (κ2) is 9.51. The number of nitrogens with zero attached hydrogens (tertiary/aromatic N) is 2. The van der Waals surface area contributed by atoms with Gasteiger partial charge in [0.05, 0.1) is 5.02 Å². The lowest BCUT2D eigenvalue weighted by Gasteiger charge is -2.29. The highest BCUT2D eigenvalue weighted by Gasteiger charge is 2.57. The zero-order valence-electron chi connectivity index (χ0n) is 18.2. The number of benzene rings is 2. The number of aromatic amines is 1. The smallest absolute Gasteiger partial charge is 0.361 e. The normalized spacial score (nSPS) is 13.4. The predicted molar refractivity (Wildman–Crippen MR) is 117 cm³/mol. The van der Waals surface area contributed by atoms with E-state index in [1.54, 1.807) is 13.0 Å². The third-order valence-corrected chi connectivity index (χ3v) is 5.53. The van der Waals surface area contributed by atoms with Crippen molar-refractivity contribution in [3.63, 3.8) is 0 Å². The van der Waals surface area contributed by atoms with Crippen LogP contribution in [-0.4, -0.2) is 39.7 Å². The van der Waals surface area contributed by atoms with Gasteiger partial charge in [0, 0.05) is 24.8 Å². The van der Waals surface area contributed by atoms with Gasteiger partial charge >= 0.3 is 11.9 Å². The number of aromatic nitrogens is 3. The van der Waals surface area contributed by atoms with E-state index < -0.39 is 29.2 Å². The Balaban J connectivity index is 1.92. The summed E-state index contributed by atoms with van der Waals surface area (Å²) in [5, 5.41) is 2.35. The first kappa shape index (κ1) is 25.3. The van der Waals surface area contributed by atoms with Crippen LogP contribution in [0.25, 0.3) is 22.8 Å². The summed E-state index contributed by atoms with van der Waals surface area (Å²) >= 11 is 6.25. The molecule has 0 aliphatic rings. The molecule has 180 valence electrons. The number of carbonyl (C=O) groups excluding carboxylic acids is 1. The molecule has 7 nitrogen and oxygen atoms in total. The molecule has 0 aliphatic heterocycles. The number of halogens is 5. The van der Waals surface area contributed by atoms with Crippen LogP contribution in [0.4, 0.5) is 17.6 Å². The van der Waals surface area contributed by atoms with Crippen LogP contribution in [0.15, 0.2) is 41.2 Å². The van der Waals surface area contributed by atoms with Crippen molar-refractivity contribution in [2.24, 2.45) is 0 Å². The van der Waals surface area contributed by atoms with Gasteiger partial charge < -0.3 is 10.1 Å². The first-order valence-corrected chi connectivity index (χ1v) is 10.2. The molecule has 0 saturated carbocycles. The van der Waals surface area contributed by atoms with E-state index in [-0.39, 0.29) is 34.3 Å². The van der Waals surface area contributed by atoms with Crippen molar-refractivity contribution in [1.29, 1.82) is 0 Å². The molecule has 0 bridgehead atoms. The third kappa shape index (κ3) is 5.10. The molecule has 0 fully saturated rings. The largest absolute Gasteiger partial charge is 0.426 e. The molecule has 0 spiro atoms. The van der Waals surface area contributed by atoms with E-state index >= 15 is 0 Å². The van der Waals surface area contributed by atoms with Crippen LogP contribution in [0.5, 0.6) is 0 Å². The Hall–Kier alpha value is -3.31. The van der Waals surface area contributed by atoms with Gasteiger partial charge in [0.2, 0.25) is 5.60 Å². The molecule has 0 saturated heterocycles. The lowest BCUT2D eigenvalue weighted by molar-refractivity contribution is -0.253. The van der Waals surface area contributed by atoms with Gasteiger partial charge in [-0.15, -0.1) is 0 Å². The highest BCUT2D eigenvalue weighted by atomic mass is 35.5. The number of aryl methyl sites for hydroxylation is 1. The number of rotatable bonds is 6. The van der Waals surface area contributed by atoms with E-state index in [4.69, 9.17) is 11.6 Å². The lowest BCUT2D eigenvalue weighted by Crippen LogP contribution is -2.55. The van der Waals surface area contributed by atoms with Gasteiger partial charge in [0.25, 0.3) is 5.91 Å². The van der Waals surface area contributed by atoms with Gasteiger partial charge in [-0.25, -0.2) is 14.2 Å². The number of hydrogen-bond donors (Lipinski definition) is 2. The molecule has 1 unspecified atom stereocenters. The summed E-state index contributed by atoms with van der Waals surface area (Å²) in [6.07, 6.45) is -4.93. The second-order valence-corrected chi connectivity index (χ2v) is 7.93. The molecular formula is C22H19ClF4N4O3. The van der Waals surface area contributed by atoms with Crippen molar-refractivity contribution < 1.29 is 27.1 Å². The topological polar surface area (TPSA) is 97.0 Å². The van der Waals surface area contributed by atoms with Crippen LogP contribution in [0.1, 0.15) is 18.1 Å². The summed E-state index contributed by atoms with van der Waals surface area (Å²) in [6, 6.07) is 8.62. The Morgan fingerprint density at radius 1 is 1.18 bits per heavy atom. The van der Waals surface area contributed by atoms with Gasteiger partial charge in [0.15, 0.2) is 5.82 Å². The summed E-state index contributed by atoms with van der Waals surface area (Å²) in [6.45, 7) is 1.91. The van der Waals surface area contributed by atoms with Crippen molar-refractivity contribution in [3.8, 4) is 22.8 Å². The van der Waals surface area contributed by atoms with E-state index in [9.17, 15) is 27.2 Å². The van der Waals surface area contributed by atoms with Gasteiger partial charge in [0.1, 0.15) is 11.6 Å². The quantitative estimate of drug-likeness (QED) is 0.497. The van der Waals surface area contributed by atoms with Crippen molar-refractivity contribution in [3.05, 3.63) is 68.8 Å². The van der Waals surface area contributed by atoms with Crippen molar-refractivity contribution in [2.45, 2.75) is 32.2 Å². The van der Waals surface area contributed by atoms with Gasteiger partial charge in [-0.1, -0.05) is 29.8 Å². The van der Waals surface area contributed by atoms with Crippen molar-refractivity contribution in [1.82, 2.24) is 20.3 Å². The molecule has 0 radical (unpaired) electrons. The predicted octanol–water partition coefficient (Wildman–Crippen LogP) is 4.18. The maximum Gasteiger partial charge on any atom is 0.426 e.